The zero-order valence-electron chi connectivity index (χ0n) is 24.5. The smallest absolute Gasteiger partial charge is 0.387 e. The van der Waals surface area contributed by atoms with Crippen LogP contribution < -0.4 is 25.6 Å². The summed E-state index contributed by atoms with van der Waals surface area (Å²) < 4.78 is 31.4. The molecule has 3 N–H and O–H groups in total. The quantitative estimate of drug-likeness (QED) is 0.158. The number of rotatable bonds is 13. The molecular formula is C31H37ClF2N6O2S. The number of carbonyl (C=O) groups excluding carboxylic acids is 1. The summed E-state index contributed by atoms with van der Waals surface area (Å²) in [6.07, 6.45) is 4.30. The lowest BCUT2D eigenvalue weighted by Crippen LogP contribution is -2.44. The van der Waals surface area contributed by atoms with E-state index in [-0.39, 0.29) is 16.9 Å². The van der Waals surface area contributed by atoms with Crippen molar-refractivity contribution in [2.24, 2.45) is 0 Å². The predicted molar refractivity (Wildman–Crippen MR) is 171 cm³/mol. The van der Waals surface area contributed by atoms with Gasteiger partial charge in [-0.25, -0.2) is 4.98 Å². The molecule has 12 heteroatoms. The molecule has 43 heavy (non-hydrogen) atoms. The molecule has 1 aliphatic heterocycles. The molecule has 8 nitrogen and oxygen atoms in total. The van der Waals surface area contributed by atoms with Gasteiger partial charge in [-0.15, -0.1) is 0 Å². The van der Waals surface area contributed by atoms with Crippen LogP contribution in [0.3, 0.4) is 0 Å². The molecule has 0 aliphatic carbocycles. The second kappa shape index (κ2) is 15.2. The maximum absolute atomic E-state index is 13.3. The maximum Gasteiger partial charge on any atom is 0.387 e. The van der Waals surface area contributed by atoms with Crippen LogP contribution in [0.1, 0.15) is 18.4 Å². The molecule has 0 saturated carbocycles. The highest BCUT2D eigenvalue weighted by Crippen LogP contribution is 2.43. The van der Waals surface area contributed by atoms with Crippen LogP contribution in [0.2, 0.25) is 5.02 Å². The first kappa shape index (κ1) is 32.2. The molecule has 2 heterocycles. The van der Waals surface area contributed by atoms with E-state index in [0.717, 1.165) is 38.9 Å². The van der Waals surface area contributed by atoms with Crippen molar-refractivity contribution in [2.75, 3.05) is 51.0 Å². The summed E-state index contributed by atoms with van der Waals surface area (Å²) in [6.45, 7) is 3.21. The third-order valence-corrected chi connectivity index (χ3v) is 8.69. The molecule has 230 valence electrons. The molecule has 1 saturated heterocycles. The van der Waals surface area contributed by atoms with E-state index in [1.165, 1.54) is 41.2 Å². The first-order chi connectivity index (χ1) is 20.7. The van der Waals surface area contributed by atoms with Crippen molar-refractivity contribution in [3.8, 4) is 17.0 Å². The first-order valence-corrected chi connectivity index (χ1v) is 15.2. The largest absolute Gasteiger partial charge is 0.434 e. The summed E-state index contributed by atoms with van der Waals surface area (Å²) in [6, 6.07) is 15.2. The summed E-state index contributed by atoms with van der Waals surface area (Å²) in [7, 11) is 5.53. The Kier molecular flexibility index (Phi) is 11.4. The number of nitrogens with zero attached hydrogens (tertiary/aromatic N) is 3. The molecule has 0 atom stereocenters. The Morgan fingerprint density at radius 1 is 1.21 bits per heavy atom. The second-order valence-corrected chi connectivity index (χ2v) is 11.5. The molecule has 4 rings (SSSR count). The van der Waals surface area contributed by atoms with E-state index < -0.39 is 12.5 Å². The Morgan fingerprint density at radius 3 is 2.53 bits per heavy atom. The molecule has 0 radical (unpaired) electrons. The van der Waals surface area contributed by atoms with Gasteiger partial charge in [-0.05, 0) is 50.1 Å². The number of alkyl halides is 2. The summed E-state index contributed by atoms with van der Waals surface area (Å²) in [5.74, 6) is -0.0555. The topological polar surface area (TPSA) is 81.8 Å². The van der Waals surface area contributed by atoms with Crippen LogP contribution in [0.5, 0.6) is 5.75 Å². The first-order valence-electron chi connectivity index (χ1n) is 14.0. The Morgan fingerprint density at radius 2 is 1.91 bits per heavy atom. The van der Waals surface area contributed by atoms with Crippen LogP contribution in [0, 0.1) is 0 Å². The van der Waals surface area contributed by atoms with Gasteiger partial charge in [-0.3, -0.25) is 4.79 Å². The van der Waals surface area contributed by atoms with Gasteiger partial charge in [0.15, 0.2) is 5.13 Å². The van der Waals surface area contributed by atoms with E-state index in [1.807, 2.05) is 6.07 Å². The van der Waals surface area contributed by atoms with E-state index in [4.69, 9.17) is 21.3 Å². The number of thiazole rings is 1. The van der Waals surface area contributed by atoms with E-state index in [1.54, 1.807) is 14.1 Å². The van der Waals surface area contributed by atoms with Crippen LogP contribution in [0.25, 0.3) is 11.3 Å². The maximum atomic E-state index is 13.3. The number of benzene rings is 2. The van der Waals surface area contributed by atoms with Crippen molar-refractivity contribution < 1.29 is 18.3 Å². The van der Waals surface area contributed by atoms with Crippen LogP contribution >= 0.6 is 22.9 Å². The number of piperidine rings is 1. The molecule has 1 aliphatic rings. The number of hydrogen-bond acceptors (Lipinski definition) is 8. The van der Waals surface area contributed by atoms with Crippen molar-refractivity contribution in [2.45, 2.75) is 31.9 Å². The highest BCUT2D eigenvalue weighted by Gasteiger charge is 2.28. The minimum absolute atomic E-state index is 0.0869. The van der Waals surface area contributed by atoms with E-state index in [9.17, 15) is 13.6 Å². The van der Waals surface area contributed by atoms with Gasteiger partial charge >= 0.3 is 6.61 Å². The summed E-state index contributed by atoms with van der Waals surface area (Å²) >= 11 is 7.55. The minimum atomic E-state index is -3.04. The molecular weight excluding hydrogens is 594 g/mol. The fourth-order valence-corrected chi connectivity index (χ4v) is 6.30. The number of amides is 1. The van der Waals surface area contributed by atoms with Gasteiger partial charge in [-0.1, -0.05) is 65.9 Å². The van der Waals surface area contributed by atoms with Crippen molar-refractivity contribution >= 4 is 39.0 Å². The van der Waals surface area contributed by atoms with Crippen LogP contribution in [-0.4, -0.2) is 69.2 Å². The third kappa shape index (κ3) is 8.25. The average Bonchev–Trinajstić information content (AvgIpc) is 3.43. The van der Waals surface area contributed by atoms with Crippen molar-refractivity contribution in [3.63, 3.8) is 0 Å². The normalized spacial score (nSPS) is 13.6. The molecule has 0 spiro atoms. The van der Waals surface area contributed by atoms with Gasteiger partial charge in [0.1, 0.15) is 22.3 Å². The molecule has 0 unspecified atom stereocenters. The molecule has 2 aromatic carbocycles. The van der Waals surface area contributed by atoms with Gasteiger partial charge in [-0.2, -0.15) is 8.78 Å². The summed E-state index contributed by atoms with van der Waals surface area (Å²) in [5.41, 5.74) is 2.15. The molecule has 1 fully saturated rings. The molecule has 1 amide bonds. The summed E-state index contributed by atoms with van der Waals surface area (Å²) in [5, 5.41) is 10.2. The lowest BCUT2D eigenvalue weighted by molar-refractivity contribution is -0.112. The second-order valence-electron chi connectivity index (χ2n) is 10.1. The fourth-order valence-electron chi connectivity index (χ4n) is 5.10. The number of carbonyl (C=O) groups is 1. The Bertz CT molecular complexity index is 1420. The van der Waals surface area contributed by atoms with Crippen molar-refractivity contribution in [3.05, 3.63) is 83.2 Å². The van der Waals surface area contributed by atoms with Crippen LogP contribution in [-0.2, 0) is 11.2 Å². The zero-order chi connectivity index (χ0) is 30.9. The van der Waals surface area contributed by atoms with Crippen molar-refractivity contribution in [1.82, 2.24) is 20.5 Å². The van der Waals surface area contributed by atoms with Crippen molar-refractivity contribution in [1.29, 1.82) is 0 Å². The van der Waals surface area contributed by atoms with E-state index >= 15 is 0 Å². The predicted octanol–water partition coefficient (Wildman–Crippen LogP) is 5.98. The Labute approximate surface area is 260 Å². The van der Waals surface area contributed by atoms with Gasteiger partial charge in [0.2, 0.25) is 0 Å². The molecule has 3 aromatic rings. The van der Waals surface area contributed by atoms with E-state index in [0.29, 0.717) is 32.7 Å². The minimum Gasteiger partial charge on any atom is -0.434 e. The highest BCUT2D eigenvalue weighted by molar-refractivity contribution is 7.20. The number of ether oxygens (including phenoxy) is 1. The number of halogens is 3. The summed E-state index contributed by atoms with van der Waals surface area (Å²) in [4.78, 5) is 22.8. The number of aromatic nitrogens is 1. The number of nitrogens with one attached hydrogen (secondary N) is 3. The van der Waals surface area contributed by atoms with E-state index in [2.05, 4.69) is 63.6 Å². The van der Waals surface area contributed by atoms with Gasteiger partial charge < -0.3 is 30.5 Å². The SMILES string of the molecule is C=CC(C(=O)Nc1sc(N2CCC(N(C)CCc3ccccc3)CC2)nc1-c1cc(Cl)ccc1OC(F)F)=C(NC)NC. The van der Waals surface area contributed by atoms with Gasteiger partial charge in [0, 0.05) is 50.4 Å². The zero-order valence-corrected chi connectivity index (χ0v) is 26.1. The van der Waals surface area contributed by atoms with Crippen LogP contribution in [0.4, 0.5) is 18.9 Å². The monoisotopic (exact) mass is 630 g/mol. The Hall–Kier alpha value is -3.67. The number of anilines is 2. The Balaban J connectivity index is 1.59. The standard InChI is InChI=1S/C31H37ClF2N6O2S/c1-5-23(27(35-2)36-3)28(41)38-29-26(24-19-21(32)11-12-25(24)42-30(33)34)37-31(43-29)40-17-14-22(15-18-40)39(4)16-13-20-9-7-6-8-10-20/h5-12,19,22,30,35-36H,1,13-18H2,2-4H3,(H,38,41). The molecule has 1 aromatic heterocycles. The lowest BCUT2D eigenvalue weighted by atomic mass is 10.0. The fraction of sp³-hybridized carbons (Fsp3) is 0.355. The number of likely N-dealkylation sites (N-methyl/N-ethyl adjacent to an activating group) is 1. The average molecular weight is 631 g/mol. The van der Waals surface area contributed by atoms with Gasteiger partial charge in [0.25, 0.3) is 5.91 Å². The van der Waals surface area contributed by atoms with Gasteiger partial charge in [0.05, 0.1) is 5.57 Å². The third-order valence-electron chi connectivity index (χ3n) is 7.43. The number of hydrogen-bond donors (Lipinski definition) is 3. The lowest BCUT2D eigenvalue weighted by Gasteiger charge is -2.36. The van der Waals surface area contributed by atoms with Crippen LogP contribution in [0.15, 0.2) is 72.6 Å². The highest BCUT2D eigenvalue weighted by atomic mass is 35.5. The molecule has 0 bridgehead atoms.